The molecule has 3 rings (SSSR count). The second-order valence-corrected chi connectivity index (χ2v) is 5.95. The Morgan fingerprint density at radius 2 is 1.38 bits per heavy atom. The third-order valence-corrected chi connectivity index (χ3v) is 4.18. The van der Waals surface area contributed by atoms with Crippen molar-refractivity contribution in [3.8, 4) is 0 Å². The fraction of sp³-hybridized carbons (Fsp3) is 0.190. The van der Waals surface area contributed by atoms with Crippen LogP contribution in [-0.2, 0) is 19.1 Å². The van der Waals surface area contributed by atoms with Crippen molar-refractivity contribution in [3.05, 3.63) is 64.7 Å². The number of carbonyl (C=O) groups is 4. The molecule has 148 valence electrons. The van der Waals surface area contributed by atoms with E-state index in [0.29, 0.717) is 5.56 Å². The first-order valence-corrected chi connectivity index (χ1v) is 8.98. The molecular formula is C21H18N2O6. The van der Waals surface area contributed by atoms with Crippen molar-refractivity contribution in [2.45, 2.75) is 13.8 Å². The van der Waals surface area contributed by atoms with Gasteiger partial charge in [-0.3, -0.25) is 15.0 Å². The minimum atomic E-state index is -0.962. The maximum Gasteiger partial charge on any atom is 0.366 e. The highest BCUT2D eigenvalue weighted by molar-refractivity contribution is 6.62. The van der Waals surface area contributed by atoms with Gasteiger partial charge in [-0.25, -0.2) is 9.59 Å². The van der Waals surface area contributed by atoms with Gasteiger partial charge in [0, 0.05) is 16.7 Å². The van der Waals surface area contributed by atoms with Gasteiger partial charge in [-0.2, -0.15) is 5.10 Å². The molecule has 1 N–H and O–H groups in total. The van der Waals surface area contributed by atoms with Crippen molar-refractivity contribution in [1.29, 1.82) is 0 Å². The third kappa shape index (κ3) is 3.77. The summed E-state index contributed by atoms with van der Waals surface area (Å²) < 4.78 is 9.65. The molecule has 0 aromatic heterocycles. The number of fused-ring (bicyclic) bond motifs is 2. The van der Waals surface area contributed by atoms with E-state index in [1.165, 1.54) is 12.1 Å². The van der Waals surface area contributed by atoms with E-state index in [2.05, 4.69) is 10.5 Å². The molecule has 0 amide bonds. The van der Waals surface area contributed by atoms with Crippen LogP contribution in [0.5, 0.6) is 0 Å². The predicted octanol–water partition coefficient (Wildman–Crippen LogP) is 2.36. The molecule has 1 aliphatic rings. The SMILES string of the molecule is CCOC(=O)C(=NNc1cccc2c1C(=O)c1ccccc1C2=O)C(=O)OCC. The summed E-state index contributed by atoms with van der Waals surface area (Å²) in [6, 6.07) is 11.2. The van der Waals surface area contributed by atoms with Gasteiger partial charge in [0.1, 0.15) is 0 Å². The summed E-state index contributed by atoms with van der Waals surface area (Å²) in [7, 11) is 0. The van der Waals surface area contributed by atoms with Crippen molar-refractivity contribution >= 4 is 34.9 Å². The number of hydrogen-bond donors (Lipinski definition) is 1. The van der Waals surface area contributed by atoms with E-state index in [1.54, 1.807) is 44.2 Å². The quantitative estimate of drug-likeness (QED) is 0.296. The fourth-order valence-electron chi connectivity index (χ4n) is 2.93. The van der Waals surface area contributed by atoms with E-state index < -0.39 is 17.7 Å². The molecule has 8 heteroatoms. The average Bonchev–Trinajstić information content (AvgIpc) is 2.72. The molecule has 0 heterocycles. The van der Waals surface area contributed by atoms with Crippen LogP contribution in [0.4, 0.5) is 5.69 Å². The van der Waals surface area contributed by atoms with Crippen LogP contribution in [-0.4, -0.2) is 42.4 Å². The number of carbonyl (C=O) groups excluding carboxylic acids is 4. The number of ketones is 2. The number of hydrogen-bond acceptors (Lipinski definition) is 8. The zero-order valence-electron chi connectivity index (χ0n) is 15.9. The molecule has 0 unspecified atom stereocenters. The fourth-order valence-corrected chi connectivity index (χ4v) is 2.93. The maximum atomic E-state index is 13.0. The van der Waals surface area contributed by atoms with Crippen LogP contribution in [0.3, 0.4) is 0 Å². The van der Waals surface area contributed by atoms with Crippen molar-refractivity contribution in [1.82, 2.24) is 0 Å². The normalized spacial score (nSPS) is 11.8. The number of nitrogens with zero attached hydrogens (tertiary/aromatic N) is 1. The van der Waals surface area contributed by atoms with Gasteiger partial charge in [0.25, 0.3) is 5.71 Å². The Bertz CT molecular complexity index is 1020. The van der Waals surface area contributed by atoms with Gasteiger partial charge in [-0.05, 0) is 19.9 Å². The Morgan fingerprint density at radius 3 is 1.97 bits per heavy atom. The summed E-state index contributed by atoms with van der Waals surface area (Å²) in [6.07, 6.45) is 0. The molecule has 0 radical (unpaired) electrons. The van der Waals surface area contributed by atoms with Gasteiger partial charge in [0.15, 0.2) is 11.6 Å². The molecule has 0 saturated heterocycles. The molecule has 29 heavy (non-hydrogen) atoms. The molecule has 0 aliphatic heterocycles. The molecule has 0 spiro atoms. The summed E-state index contributed by atoms with van der Waals surface area (Å²) in [5.41, 5.74) is 3.06. The zero-order chi connectivity index (χ0) is 21.0. The number of hydrazone groups is 1. The average molecular weight is 394 g/mol. The number of benzene rings is 2. The van der Waals surface area contributed by atoms with Crippen molar-refractivity contribution < 1.29 is 28.7 Å². The van der Waals surface area contributed by atoms with Gasteiger partial charge < -0.3 is 9.47 Å². The van der Waals surface area contributed by atoms with Crippen LogP contribution in [0.2, 0.25) is 0 Å². The van der Waals surface area contributed by atoms with Gasteiger partial charge in [0.05, 0.1) is 24.5 Å². The van der Waals surface area contributed by atoms with Crippen LogP contribution in [0.1, 0.15) is 45.7 Å². The largest absolute Gasteiger partial charge is 0.461 e. The predicted molar refractivity (Wildman–Crippen MR) is 104 cm³/mol. The molecule has 0 bridgehead atoms. The van der Waals surface area contributed by atoms with E-state index in [4.69, 9.17) is 9.47 Å². The van der Waals surface area contributed by atoms with Gasteiger partial charge in [0.2, 0.25) is 0 Å². The first-order chi connectivity index (χ1) is 14.0. The van der Waals surface area contributed by atoms with Crippen LogP contribution in [0.15, 0.2) is 47.6 Å². The van der Waals surface area contributed by atoms with E-state index in [-0.39, 0.29) is 47.2 Å². The summed E-state index contributed by atoms with van der Waals surface area (Å²) >= 11 is 0. The molecule has 8 nitrogen and oxygen atoms in total. The first kappa shape index (κ1) is 19.9. The van der Waals surface area contributed by atoms with E-state index in [9.17, 15) is 19.2 Å². The van der Waals surface area contributed by atoms with Crippen LogP contribution >= 0.6 is 0 Å². The number of anilines is 1. The summed E-state index contributed by atoms with van der Waals surface area (Å²) in [5, 5.41) is 3.81. The topological polar surface area (TPSA) is 111 Å². The lowest BCUT2D eigenvalue weighted by molar-refractivity contribution is -0.140. The lowest BCUT2D eigenvalue weighted by Crippen LogP contribution is -2.29. The first-order valence-electron chi connectivity index (χ1n) is 8.98. The number of rotatable bonds is 6. The van der Waals surface area contributed by atoms with Crippen molar-refractivity contribution in [2.24, 2.45) is 5.10 Å². The minimum Gasteiger partial charge on any atom is -0.461 e. The van der Waals surface area contributed by atoms with Crippen LogP contribution in [0, 0.1) is 0 Å². The Kier molecular flexibility index (Phi) is 5.82. The number of ether oxygens (including phenoxy) is 2. The van der Waals surface area contributed by atoms with Crippen LogP contribution < -0.4 is 5.43 Å². The molecule has 0 atom stereocenters. The molecule has 2 aromatic carbocycles. The van der Waals surface area contributed by atoms with Gasteiger partial charge in [-0.1, -0.05) is 36.4 Å². The third-order valence-electron chi connectivity index (χ3n) is 4.18. The highest BCUT2D eigenvalue weighted by Crippen LogP contribution is 2.31. The molecule has 0 saturated carbocycles. The van der Waals surface area contributed by atoms with Gasteiger partial charge >= 0.3 is 11.9 Å². The summed E-state index contributed by atoms with van der Waals surface area (Å²) in [4.78, 5) is 49.8. The molecular weight excluding hydrogens is 376 g/mol. The second kappa shape index (κ2) is 8.47. The number of esters is 2. The lowest BCUT2D eigenvalue weighted by atomic mass is 9.83. The maximum absolute atomic E-state index is 13.0. The highest BCUT2D eigenvalue weighted by Gasteiger charge is 2.31. The smallest absolute Gasteiger partial charge is 0.366 e. The highest BCUT2D eigenvalue weighted by atomic mass is 16.6. The number of nitrogens with one attached hydrogen (secondary N) is 1. The van der Waals surface area contributed by atoms with E-state index >= 15 is 0 Å². The van der Waals surface area contributed by atoms with Crippen molar-refractivity contribution in [2.75, 3.05) is 18.6 Å². The summed E-state index contributed by atoms with van der Waals surface area (Å²) in [6.45, 7) is 3.26. The standard InChI is InChI=1S/C21H18N2O6/c1-3-28-20(26)17(21(27)29-4-2)23-22-15-11-7-10-14-16(15)19(25)13-9-6-5-8-12(13)18(14)24/h5-11,22H,3-4H2,1-2H3. The van der Waals surface area contributed by atoms with E-state index in [1.807, 2.05) is 0 Å². The molecule has 1 aliphatic carbocycles. The Labute approximate surface area is 166 Å². The van der Waals surface area contributed by atoms with Crippen LogP contribution in [0.25, 0.3) is 0 Å². The molecule has 2 aromatic rings. The molecule has 0 fully saturated rings. The van der Waals surface area contributed by atoms with Gasteiger partial charge in [-0.15, -0.1) is 0 Å². The Hall–Kier alpha value is -3.81. The van der Waals surface area contributed by atoms with Crippen molar-refractivity contribution in [3.63, 3.8) is 0 Å². The Balaban J connectivity index is 2.02. The minimum absolute atomic E-state index is 0.0434. The van der Waals surface area contributed by atoms with E-state index in [0.717, 1.165) is 0 Å². The Morgan fingerprint density at radius 1 is 0.828 bits per heavy atom. The zero-order valence-corrected chi connectivity index (χ0v) is 15.9. The second-order valence-electron chi connectivity index (χ2n) is 5.95. The lowest BCUT2D eigenvalue weighted by Gasteiger charge is -2.19. The summed E-state index contributed by atoms with van der Waals surface area (Å²) in [5.74, 6) is -2.58. The monoisotopic (exact) mass is 394 g/mol.